The van der Waals surface area contributed by atoms with Gasteiger partial charge in [-0.05, 0) is 69.2 Å². The third-order valence-corrected chi connectivity index (χ3v) is 8.51. The van der Waals surface area contributed by atoms with E-state index in [1.165, 1.54) is 27.1 Å². The van der Waals surface area contributed by atoms with Crippen LogP contribution in [-0.2, 0) is 14.6 Å². The predicted molar refractivity (Wildman–Crippen MR) is 103 cm³/mol. The number of hydrogen-bond donors (Lipinski definition) is 0. The Morgan fingerprint density at radius 3 is 2.16 bits per heavy atom. The van der Waals surface area contributed by atoms with E-state index in [-0.39, 0.29) is 29.5 Å². The topological polar surface area (TPSA) is 54.5 Å². The molecule has 2 fully saturated rings. The standard InChI is InChI=1S/C19H27NO3S2/c1-12-9-13(2)15(4)19(14(12)3)24-10-18(21)20(16-5-6-16)17-7-8-25(22,23)11-17/h9,16-17H,5-8,10-11H2,1-4H3. The number of carbonyl (C=O) groups excluding carboxylic acids is 1. The van der Waals surface area contributed by atoms with E-state index in [0.717, 1.165) is 12.8 Å². The maximum atomic E-state index is 12.9. The first-order valence-electron chi connectivity index (χ1n) is 8.91. The Morgan fingerprint density at radius 1 is 1.08 bits per heavy atom. The molecule has 1 saturated carbocycles. The van der Waals surface area contributed by atoms with Crippen molar-refractivity contribution in [2.75, 3.05) is 17.3 Å². The van der Waals surface area contributed by atoms with Gasteiger partial charge in [0.2, 0.25) is 5.91 Å². The molecule has 1 aliphatic carbocycles. The predicted octanol–water partition coefficient (Wildman–Crippen LogP) is 3.19. The number of benzene rings is 1. The van der Waals surface area contributed by atoms with E-state index in [1.807, 2.05) is 4.90 Å². The van der Waals surface area contributed by atoms with Crippen molar-refractivity contribution in [3.05, 3.63) is 28.3 Å². The molecule has 1 unspecified atom stereocenters. The Bertz CT molecular complexity index is 771. The molecule has 3 rings (SSSR count). The van der Waals surface area contributed by atoms with Gasteiger partial charge in [-0.25, -0.2) is 8.42 Å². The molecule has 138 valence electrons. The van der Waals surface area contributed by atoms with Crippen LogP contribution in [0.25, 0.3) is 0 Å². The van der Waals surface area contributed by atoms with Gasteiger partial charge in [-0.1, -0.05) is 6.07 Å². The number of rotatable bonds is 5. The van der Waals surface area contributed by atoms with Crippen LogP contribution in [0, 0.1) is 27.7 Å². The average molecular weight is 382 g/mol. The van der Waals surface area contributed by atoms with Gasteiger partial charge in [0.15, 0.2) is 9.84 Å². The lowest BCUT2D eigenvalue weighted by molar-refractivity contribution is -0.130. The minimum Gasteiger partial charge on any atom is -0.335 e. The van der Waals surface area contributed by atoms with Gasteiger partial charge in [0, 0.05) is 17.0 Å². The second kappa shape index (κ2) is 6.95. The smallest absolute Gasteiger partial charge is 0.233 e. The summed E-state index contributed by atoms with van der Waals surface area (Å²) in [5.41, 5.74) is 4.97. The van der Waals surface area contributed by atoms with Gasteiger partial charge >= 0.3 is 0 Å². The lowest BCUT2D eigenvalue weighted by Gasteiger charge is -2.28. The van der Waals surface area contributed by atoms with Crippen molar-refractivity contribution in [1.82, 2.24) is 4.90 Å². The van der Waals surface area contributed by atoms with Crippen LogP contribution in [0.5, 0.6) is 0 Å². The van der Waals surface area contributed by atoms with Crippen molar-refractivity contribution in [2.24, 2.45) is 0 Å². The zero-order chi connectivity index (χ0) is 18.4. The van der Waals surface area contributed by atoms with Crippen LogP contribution in [0.2, 0.25) is 0 Å². The van der Waals surface area contributed by atoms with E-state index in [1.54, 1.807) is 11.8 Å². The maximum Gasteiger partial charge on any atom is 0.233 e. The summed E-state index contributed by atoms with van der Waals surface area (Å²) in [5, 5.41) is 0. The molecule has 1 saturated heterocycles. The summed E-state index contributed by atoms with van der Waals surface area (Å²) in [4.78, 5) is 16.0. The Kier molecular flexibility index (Phi) is 5.22. The van der Waals surface area contributed by atoms with Crippen LogP contribution < -0.4 is 0 Å². The SMILES string of the molecule is Cc1cc(C)c(C)c(SCC(=O)N(C2CC2)C2CCS(=O)(=O)C2)c1C. The summed E-state index contributed by atoms with van der Waals surface area (Å²) in [6, 6.07) is 2.33. The normalized spacial score (nSPS) is 22.2. The van der Waals surface area contributed by atoms with Crippen molar-refractivity contribution in [2.45, 2.75) is 63.9 Å². The van der Waals surface area contributed by atoms with Crippen LogP contribution in [0.1, 0.15) is 41.5 Å². The van der Waals surface area contributed by atoms with E-state index in [9.17, 15) is 13.2 Å². The molecule has 0 radical (unpaired) electrons. The zero-order valence-electron chi connectivity index (χ0n) is 15.5. The number of carbonyl (C=O) groups is 1. The van der Waals surface area contributed by atoms with Crippen LogP contribution in [-0.4, -0.2) is 48.6 Å². The van der Waals surface area contributed by atoms with Crippen molar-refractivity contribution in [3.8, 4) is 0 Å². The van der Waals surface area contributed by atoms with Gasteiger partial charge in [0.05, 0.1) is 17.3 Å². The number of amides is 1. The van der Waals surface area contributed by atoms with E-state index in [2.05, 4.69) is 33.8 Å². The summed E-state index contributed by atoms with van der Waals surface area (Å²) < 4.78 is 23.6. The molecule has 0 bridgehead atoms. The second-order valence-corrected chi connectivity index (χ2v) is 10.7. The van der Waals surface area contributed by atoms with Gasteiger partial charge in [-0.15, -0.1) is 11.8 Å². The third-order valence-electron chi connectivity index (χ3n) is 5.47. The largest absolute Gasteiger partial charge is 0.335 e. The highest BCUT2D eigenvalue weighted by Crippen LogP contribution is 2.35. The van der Waals surface area contributed by atoms with Crippen molar-refractivity contribution < 1.29 is 13.2 Å². The first kappa shape index (κ1) is 18.8. The van der Waals surface area contributed by atoms with E-state index < -0.39 is 9.84 Å². The van der Waals surface area contributed by atoms with Crippen molar-refractivity contribution in [1.29, 1.82) is 0 Å². The molecule has 6 heteroatoms. The zero-order valence-corrected chi connectivity index (χ0v) is 17.1. The highest BCUT2D eigenvalue weighted by Gasteiger charge is 2.41. The molecule has 0 N–H and O–H groups in total. The highest BCUT2D eigenvalue weighted by molar-refractivity contribution is 8.00. The molecule has 0 spiro atoms. The summed E-state index contributed by atoms with van der Waals surface area (Å²) in [6.07, 6.45) is 2.61. The number of hydrogen-bond acceptors (Lipinski definition) is 4. The lowest BCUT2D eigenvalue weighted by atomic mass is 10.0. The second-order valence-electron chi connectivity index (χ2n) is 7.47. The fourth-order valence-corrected chi connectivity index (χ4v) is 6.54. The number of aryl methyl sites for hydroxylation is 2. The minimum absolute atomic E-state index is 0.0903. The van der Waals surface area contributed by atoms with Crippen molar-refractivity contribution in [3.63, 3.8) is 0 Å². The molecule has 1 amide bonds. The lowest BCUT2D eigenvalue weighted by Crippen LogP contribution is -2.43. The number of thioether (sulfide) groups is 1. The maximum absolute atomic E-state index is 12.9. The summed E-state index contributed by atoms with van der Waals surface area (Å²) >= 11 is 1.60. The molecule has 2 aliphatic rings. The van der Waals surface area contributed by atoms with Crippen LogP contribution in [0.3, 0.4) is 0 Å². The van der Waals surface area contributed by atoms with Gasteiger partial charge < -0.3 is 4.90 Å². The van der Waals surface area contributed by atoms with Crippen LogP contribution >= 0.6 is 11.8 Å². The van der Waals surface area contributed by atoms with Gasteiger partial charge in [-0.2, -0.15) is 0 Å². The van der Waals surface area contributed by atoms with E-state index >= 15 is 0 Å². The Balaban J connectivity index is 1.73. The summed E-state index contributed by atoms with van der Waals surface area (Å²) in [7, 11) is -2.97. The molecule has 1 atom stereocenters. The van der Waals surface area contributed by atoms with Gasteiger partial charge in [0.25, 0.3) is 0 Å². The van der Waals surface area contributed by atoms with Gasteiger partial charge in [0.1, 0.15) is 0 Å². The molecule has 1 heterocycles. The molecule has 1 aromatic carbocycles. The van der Waals surface area contributed by atoms with Crippen molar-refractivity contribution >= 4 is 27.5 Å². The first-order valence-corrected chi connectivity index (χ1v) is 11.7. The van der Waals surface area contributed by atoms with Crippen LogP contribution in [0.15, 0.2) is 11.0 Å². The molecular weight excluding hydrogens is 354 g/mol. The molecule has 25 heavy (non-hydrogen) atoms. The fraction of sp³-hybridized carbons (Fsp3) is 0.632. The monoisotopic (exact) mass is 381 g/mol. The Labute approximate surface area is 155 Å². The third kappa shape index (κ3) is 4.05. The van der Waals surface area contributed by atoms with E-state index in [0.29, 0.717) is 12.2 Å². The fourth-order valence-electron chi connectivity index (χ4n) is 3.66. The average Bonchev–Trinajstić information content (AvgIpc) is 3.29. The number of sulfone groups is 1. The quantitative estimate of drug-likeness (QED) is 0.735. The van der Waals surface area contributed by atoms with E-state index in [4.69, 9.17) is 0 Å². The molecule has 1 aliphatic heterocycles. The first-order chi connectivity index (χ1) is 11.7. The van der Waals surface area contributed by atoms with Gasteiger partial charge in [-0.3, -0.25) is 4.79 Å². The minimum atomic E-state index is -2.97. The molecular formula is C19H27NO3S2. The highest BCUT2D eigenvalue weighted by atomic mass is 32.2. The summed E-state index contributed by atoms with van der Waals surface area (Å²) in [6.45, 7) is 8.43. The van der Waals surface area contributed by atoms with Crippen LogP contribution in [0.4, 0.5) is 0 Å². The molecule has 1 aromatic rings. The molecule has 4 nitrogen and oxygen atoms in total. The molecule has 0 aromatic heterocycles. The summed E-state index contributed by atoms with van der Waals surface area (Å²) in [5.74, 6) is 0.836. The number of nitrogens with zero attached hydrogens (tertiary/aromatic N) is 1. The Hall–Kier alpha value is -1.01. The Morgan fingerprint density at radius 2 is 1.68 bits per heavy atom.